The molecule has 0 aliphatic rings. The van der Waals surface area contributed by atoms with E-state index < -0.39 is 0 Å². The van der Waals surface area contributed by atoms with Gasteiger partial charge in [-0.2, -0.15) is 0 Å². The Morgan fingerprint density at radius 2 is 2.00 bits per heavy atom. The first kappa shape index (κ1) is 7.98. The van der Waals surface area contributed by atoms with Crippen molar-refractivity contribution >= 4 is 6.92 Å². The van der Waals surface area contributed by atoms with Crippen molar-refractivity contribution < 1.29 is 9.39 Å². The average Bonchev–Trinajstić information content (AvgIpc) is 1.69. The lowest BCUT2D eigenvalue weighted by molar-refractivity contribution is 0.103. The number of rotatable bonds is 3. The number of aliphatic hydroxyl groups excluding tert-OH is 1. The normalized spacial score (nSPS) is 10.1. The van der Waals surface area contributed by atoms with E-state index in [1.165, 1.54) is 0 Å². The Morgan fingerprint density at radius 3 is 2.00 bits per heavy atom. The third-order valence-corrected chi connectivity index (χ3v) is 1.33. The topological polar surface area (TPSA) is 22.9 Å². The predicted octanol–water partition coefficient (Wildman–Crippen LogP) is 0.341. The second-order valence-electron chi connectivity index (χ2n) is 2.09. The summed E-state index contributed by atoms with van der Waals surface area (Å²) in [7, 11) is 3.79. The first-order chi connectivity index (χ1) is 3.72. The van der Waals surface area contributed by atoms with E-state index in [1.807, 2.05) is 21.1 Å². The SMILES string of the molecule is CCB(CO)[O+](C)C. The monoisotopic (exact) mass is 117 g/mol. The molecule has 0 bridgehead atoms. The number of aliphatic hydroxyl groups is 1. The van der Waals surface area contributed by atoms with Crippen molar-refractivity contribution in [2.24, 2.45) is 0 Å². The maximum absolute atomic E-state index is 8.63. The quantitative estimate of drug-likeness (QED) is 0.418. The van der Waals surface area contributed by atoms with E-state index >= 15 is 0 Å². The Kier molecular flexibility index (Phi) is 3.92. The van der Waals surface area contributed by atoms with Crippen LogP contribution in [0.2, 0.25) is 6.32 Å². The lowest BCUT2D eigenvalue weighted by atomic mass is 9.66. The fourth-order valence-corrected chi connectivity index (χ4v) is 0.612. The molecule has 0 fully saturated rings. The van der Waals surface area contributed by atoms with E-state index in [2.05, 4.69) is 4.28 Å². The summed E-state index contributed by atoms with van der Waals surface area (Å²) in [5, 5.41) is 8.63. The van der Waals surface area contributed by atoms with Gasteiger partial charge in [0.2, 0.25) is 0 Å². The van der Waals surface area contributed by atoms with E-state index in [-0.39, 0.29) is 13.4 Å². The van der Waals surface area contributed by atoms with E-state index in [4.69, 9.17) is 5.11 Å². The molecule has 0 aliphatic carbocycles. The van der Waals surface area contributed by atoms with Crippen LogP contribution < -0.4 is 0 Å². The van der Waals surface area contributed by atoms with Crippen LogP contribution in [0.5, 0.6) is 0 Å². The lowest BCUT2D eigenvalue weighted by Crippen LogP contribution is -2.29. The summed E-state index contributed by atoms with van der Waals surface area (Å²) < 4.78 is 2.73. The van der Waals surface area contributed by atoms with Gasteiger partial charge in [-0.1, -0.05) is 6.92 Å². The minimum absolute atomic E-state index is 0.230. The van der Waals surface area contributed by atoms with Gasteiger partial charge < -0.3 is 9.39 Å². The highest BCUT2D eigenvalue weighted by molar-refractivity contribution is 6.52. The van der Waals surface area contributed by atoms with Crippen LogP contribution >= 0.6 is 0 Å². The molecule has 0 heterocycles. The molecular formula is C5H14BO2+. The molecule has 0 radical (unpaired) electrons. The van der Waals surface area contributed by atoms with Crippen molar-refractivity contribution in [3.8, 4) is 0 Å². The molecule has 0 amide bonds. The van der Waals surface area contributed by atoms with Crippen LogP contribution in [0.4, 0.5) is 0 Å². The highest BCUT2D eigenvalue weighted by atomic mass is 16.6. The van der Waals surface area contributed by atoms with Gasteiger partial charge in [-0.05, 0) is 0 Å². The van der Waals surface area contributed by atoms with Gasteiger partial charge in [0.15, 0.2) is 0 Å². The van der Waals surface area contributed by atoms with Crippen LogP contribution in [0.1, 0.15) is 6.92 Å². The highest BCUT2D eigenvalue weighted by Gasteiger charge is 2.23. The van der Waals surface area contributed by atoms with E-state index in [1.54, 1.807) is 0 Å². The predicted molar refractivity (Wildman–Crippen MR) is 36.3 cm³/mol. The van der Waals surface area contributed by atoms with Crippen LogP contribution in [0.15, 0.2) is 0 Å². The van der Waals surface area contributed by atoms with E-state index in [0.717, 1.165) is 6.32 Å². The molecule has 3 heteroatoms. The molecule has 2 nitrogen and oxygen atoms in total. The average molecular weight is 117 g/mol. The van der Waals surface area contributed by atoms with Crippen molar-refractivity contribution in [1.29, 1.82) is 0 Å². The molecule has 0 aromatic carbocycles. The first-order valence-corrected chi connectivity index (χ1v) is 2.89. The van der Waals surface area contributed by atoms with Gasteiger partial charge in [-0.3, -0.25) is 0 Å². The van der Waals surface area contributed by atoms with Crippen molar-refractivity contribution in [1.82, 2.24) is 0 Å². The number of hydrogen-bond acceptors (Lipinski definition) is 1. The fraction of sp³-hybridized carbons (Fsp3) is 1.00. The van der Waals surface area contributed by atoms with Gasteiger partial charge in [-0.15, -0.1) is 0 Å². The summed E-state index contributed by atoms with van der Waals surface area (Å²) in [6.45, 7) is 2.54. The Bertz CT molecular complexity index is 52.4. The van der Waals surface area contributed by atoms with Crippen LogP contribution in [-0.4, -0.2) is 32.7 Å². The van der Waals surface area contributed by atoms with Crippen LogP contribution in [0.25, 0.3) is 0 Å². The maximum Gasteiger partial charge on any atom is 0.544 e. The van der Waals surface area contributed by atoms with Crippen LogP contribution in [0.3, 0.4) is 0 Å². The van der Waals surface area contributed by atoms with Gasteiger partial charge in [0.25, 0.3) is 0 Å². The molecule has 0 saturated carbocycles. The molecule has 1 N–H and O–H groups in total. The zero-order chi connectivity index (χ0) is 6.57. The van der Waals surface area contributed by atoms with Gasteiger partial charge in [-0.25, -0.2) is 0 Å². The van der Waals surface area contributed by atoms with Crippen molar-refractivity contribution in [2.45, 2.75) is 13.2 Å². The molecule has 0 atom stereocenters. The van der Waals surface area contributed by atoms with Gasteiger partial charge in [0, 0.05) is 6.32 Å². The molecule has 0 saturated heterocycles. The fourth-order valence-electron chi connectivity index (χ4n) is 0.612. The smallest absolute Gasteiger partial charge is 0.533 e. The summed E-state index contributed by atoms with van der Waals surface area (Å²) in [6, 6.07) is 0. The Labute approximate surface area is 51.3 Å². The lowest BCUT2D eigenvalue weighted by Gasteiger charge is -2.12. The molecular weight excluding hydrogens is 103 g/mol. The summed E-state index contributed by atoms with van der Waals surface area (Å²) in [6.07, 6.45) is 0.980. The van der Waals surface area contributed by atoms with Crippen LogP contribution in [0, 0.1) is 0 Å². The van der Waals surface area contributed by atoms with Gasteiger partial charge in [0.1, 0.15) is 20.7 Å². The van der Waals surface area contributed by atoms with E-state index in [0.29, 0.717) is 0 Å². The zero-order valence-corrected chi connectivity index (χ0v) is 5.85. The Hall–Kier alpha value is -0.0151. The van der Waals surface area contributed by atoms with E-state index in [9.17, 15) is 0 Å². The third-order valence-electron chi connectivity index (χ3n) is 1.33. The Morgan fingerprint density at radius 1 is 1.50 bits per heavy atom. The minimum Gasteiger partial charge on any atom is -0.533 e. The standard InChI is InChI=1S/C5H14BO2/c1-4-6(5-7)8(2)3/h7H,4-5H2,1-3H3/q+1. The summed E-state index contributed by atoms with van der Waals surface area (Å²) >= 11 is 0. The largest absolute Gasteiger partial charge is 0.544 e. The van der Waals surface area contributed by atoms with Crippen LogP contribution in [-0.2, 0) is 4.28 Å². The van der Waals surface area contributed by atoms with Crippen molar-refractivity contribution in [3.05, 3.63) is 0 Å². The summed E-state index contributed by atoms with van der Waals surface area (Å²) in [4.78, 5) is 0. The van der Waals surface area contributed by atoms with Gasteiger partial charge >= 0.3 is 6.92 Å². The molecule has 8 heavy (non-hydrogen) atoms. The molecule has 0 rings (SSSR count). The van der Waals surface area contributed by atoms with Crippen molar-refractivity contribution in [2.75, 3.05) is 20.7 Å². The minimum atomic E-state index is 0.230. The Balaban J connectivity index is 3.35. The summed E-state index contributed by atoms with van der Waals surface area (Å²) in [5.41, 5.74) is 0. The molecule has 48 valence electrons. The molecule has 0 spiro atoms. The van der Waals surface area contributed by atoms with Gasteiger partial charge in [0.05, 0.1) is 0 Å². The molecule has 0 aromatic rings. The third kappa shape index (κ3) is 2.33. The second-order valence-corrected chi connectivity index (χ2v) is 2.09. The maximum atomic E-state index is 8.63. The van der Waals surface area contributed by atoms with Crippen molar-refractivity contribution in [3.63, 3.8) is 0 Å². The zero-order valence-electron chi connectivity index (χ0n) is 5.85. The molecule has 0 unspecified atom stereocenters. The molecule has 0 aromatic heterocycles. The summed E-state index contributed by atoms with van der Waals surface area (Å²) in [5.74, 6) is 0. The second kappa shape index (κ2) is 3.92. The first-order valence-electron chi connectivity index (χ1n) is 2.89. The highest BCUT2D eigenvalue weighted by Crippen LogP contribution is 1.96. The molecule has 0 aliphatic heterocycles. The number of hydrogen-bond donors (Lipinski definition) is 1.